The topological polar surface area (TPSA) is 108 Å². The monoisotopic (exact) mass is 478 g/mol. The van der Waals surface area contributed by atoms with Crippen molar-refractivity contribution in [1.82, 2.24) is 14.9 Å². The summed E-state index contributed by atoms with van der Waals surface area (Å²) in [6, 6.07) is 14.0. The van der Waals surface area contributed by atoms with E-state index < -0.39 is 16.1 Å². The zero-order chi connectivity index (χ0) is 23.1. The van der Waals surface area contributed by atoms with Crippen LogP contribution in [0.4, 0.5) is 5.69 Å². The Balaban J connectivity index is 1.42. The van der Waals surface area contributed by atoms with Gasteiger partial charge in [-0.05, 0) is 56.2 Å². The van der Waals surface area contributed by atoms with Crippen molar-refractivity contribution in [2.45, 2.75) is 36.7 Å². The second-order valence-corrected chi connectivity index (χ2v) is 9.92. The molecule has 1 atom stereocenters. The van der Waals surface area contributed by atoms with Crippen LogP contribution in [0.15, 0.2) is 59.5 Å². The summed E-state index contributed by atoms with van der Waals surface area (Å²) < 4.78 is 27.3. The normalized spacial score (nSPS) is 16.3. The molecule has 172 valence electrons. The molecule has 0 saturated carbocycles. The molecule has 2 aromatic carbocycles. The molecule has 0 spiro atoms. The highest BCUT2D eigenvalue weighted by molar-refractivity contribution is 7.89. The zero-order valence-electron chi connectivity index (χ0n) is 17.8. The molecule has 1 saturated heterocycles. The number of anilines is 1. The summed E-state index contributed by atoms with van der Waals surface area (Å²) in [5.41, 5.74) is 0.759. The quantitative estimate of drug-likeness (QED) is 0.539. The minimum Gasteiger partial charge on any atom is -0.352 e. The predicted molar refractivity (Wildman–Crippen MR) is 124 cm³/mol. The Hall–Kier alpha value is -2.46. The Bertz CT molecular complexity index is 1020. The number of nitrogens with one attached hydrogen (secondary N) is 3. The molecule has 0 aliphatic carbocycles. The molecular formula is C22H27ClN4O4S. The summed E-state index contributed by atoms with van der Waals surface area (Å²) >= 11 is 5.80. The van der Waals surface area contributed by atoms with Crippen LogP contribution in [0.1, 0.15) is 19.8 Å². The van der Waals surface area contributed by atoms with Crippen LogP contribution in [0.3, 0.4) is 0 Å². The molecule has 2 amide bonds. The number of carbonyl (C=O) groups is 2. The van der Waals surface area contributed by atoms with Gasteiger partial charge in [-0.15, -0.1) is 0 Å². The summed E-state index contributed by atoms with van der Waals surface area (Å²) in [4.78, 5) is 26.8. The van der Waals surface area contributed by atoms with Crippen molar-refractivity contribution < 1.29 is 18.0 Å². The van der Waals surface area contributed by atoms with Gasteiger partial charge in [0.05, 0.1) is 17.5 Å². The van der Waals surface area contributed by atoms with Crippen LogP contribution in [0, 0.1) is 0 Å². The number of halogens is 1. The molecule has 1 heterocycles. The van der Waals surface area contributed by atoms with Crippen molar-refractivity contribution in [3.63, 3.8) is 0 Å². The van der Waals surface area contributed by atoms with E-state index in [4.69, 9.17) is 11.6 Å². The van der Waals surface area contributed by atoms with Crippen molar-refractivity contribution in [3.8, 4) is 0 Å². The van der Waals surface area contributed by atoms with E-state index in [9.17, 15) is 18.0 Å². The Labute approximate surface area is 193 Å². The van der Waals surface area contributed by atoms with E-state index in [2.05, 4.69) is 15.4 Å². The maximum atomic E-state index is 12.5. The number of likely N-dealkylation sites (tertiary alicyclic amines) is 1. The lowest BCUT2D eigenvalue weighted by Gasteiger charge is -2.32. The number of amides is 2. The van der Waals surface area contributed by atoms with Crippen LogP contribution in [0.2, 0.25) is 5.02 Å². The first-order valence-corrected chi connectivity index (χ1v) is 12.2. The molecule has 3 rings (SSSR count). The molecule has 2 aromatic rings. The van der Waals surface area contributed by atoms with Crippen LogP contribution in [-0.4, -0.2) is 56.9 Å². The Morgan fingerprint density at radius 2 is 1.69 bits per heavy atom. The van der Waals surface area contributed by atoms with Gasteiger partial charge >= 0.3 is 0 Å². The Kier molecular flexibility index (Phi) is 8.25. The lowest BCUT2D eigenvalue weighted by atomic mass is 10.0. The number of nitrogens with zero attached hydrogens (tertiary/aromatic N) is 1. The largest absolute Gasteiger partial charge is 0.352 e. The van der Waals surface area contributed by atoms with Crippen LogP contribution < -0.4 is 15.4 Å². The van der Waals surface area contributed by atoms with E-state index in [0.717, 1.165) is 5.69 Å². The van der Waals surface area contributed by atoms with Gasteiger partial charge < -0.3 is 10.6 Å². The fourth-order valence-electron chi connectivity index (χ4n) is 3.45. The average molecular weight is 479 g/mol. The van der Waals surface area contributed by atoms with Crippen LogP contribution in [-0.2, 0) is 19.6 Å². The van der Waals surface area contributed by atoms with Gasteiger partial charge in [0.25, 0.3) is 0 Å². The molecule has 1 fully saturated rings. The molecule has 1 aliphatic heterocycles. The van der Waals surface area contributed by atoms with Gasteiger partial charge in [-0.2, -0.15) is 4.72 Å². The molecule has 0 radical (unpaired) electrons. The molecule has 1 aliphatic rings. The summed E-state index contributed by atoms with van der Waals surface area (Å²) in [5.74, 6) is -0.466. The van der Waals surface area contributed by atoms with E-state index in [1.54, 1.807) is 0 Å². The number of sulfonamides is 1. The number of piperidine rings is 1. The predicted octanol–water partition coefficient (Wildman–Crippen LogP) is 2.23. The highest BCUT2D eigenvalue weighted by atomic mass is 35.5. The molecular weight excluding hydrogens is 452 g/mol. The Morgan fingerprint density at radius 1 is 1.06 bits per heavy atom. The minimum absolute atomic E-state index is 0.0450. The minimum atomic E-state index is -3.83. The van der Waals surface area contributed by atoms with Crippen LogP contribution in [0.5, 0.6) is 0 Å². The number of carbonyl (C=O) groups excluding carboxylic acids is 2. The van der Waals surface area contributed by atoms with E-state index >= 15 is 0 Å². The van der Waals surface area contributed by atoms with Gasteiger partial charge in [0.15, 0.2) is 0 Å². The summed E-state index contributed by atoms with van der Waals surface area (Å²) in [6.45, 7) is 3.12. The van der Waals surface area contributed by atoms with Crippen LogP contribution >= 0.6 is 11.6 Å². The van der Waals surface area contributed by atoms with Crippen molar-refractivity contribution in [1.29, 1.82) is 0 Å². The fraction of sp³-hybridized carbons (Fsp3) is 0.364. The van der Waals surface area contributed by atoms with Gasteiger partial charge in [0.2, 0.25) is 21.8 Å². The first-order valence-electron chi connectivity index (χ1n) is 10.4. The van der Waals surface area contributed by atoms with E-state index in [0.29, 0.717) is 31.0 Å². The van der Waals surface area contributed by atoms with Gasteiger partial charge in [-0.25, -0.2) is 8.42 Å². The number of rotatable bonds is 8. The standard InChI is InChI=1S/C22H27ClN4O4S/c1-16(26-32(30,31)20-9-7-17(23)8-10-20)22(29)25-19-11-13-27(14-12-19)15-21(28)24-18-5-3-2-4-6-18/h2-10,16,19,26H,11-15H2,1H3,(H,24,28)(H,25,29)/t16-/m0/s1. The molecule has 10 heteroatoms. The number of benzene rings is 2. The molecule has 0 unspecified atom stereocenters. The van der Waals surface area contributed by atoms with E-state index in [-0.39, 0.29) is 29.3 Å². The highest BCUT2D eigenvalue weighted by Gasteiger charge is 2.26. The van der Waals surface area contributed by atoms with Crippen LogP contribution in [0.25, 0.3) is 0 Å². The second kappa shape index (κ2) is 10.9. The van der Waals surface area contributed by atoms with Crippen molar-refractivity contribution in [2.75, 3.05) is 25.0 Å². The van der Waals surface area contributed by atoms with Gasteiger partial charge in [0.1, 0.15) is 0 Å². The maximum Gasteiger partial charge on any atom is 0.241 e. The lowest BCUT2D eigenvalue weighted by Crippen LogP contribution is -2.51. The smallest absolute Gasteiger partial charge is 0.241 e. The van der Waals surface area contributed by atoms with Gasteiger partial charge in [-0.1, -0.05) is 29.8 Å². The first-order chi connectivity index (χ1) is 15.2. The number of hydrogen-bond acceptors (Lipinski definition) is 5. The van der Waals surface area contributed by atoms with Crippen molar-refractivity contribution >= 4 is 39.1 Å². The lowest BCUT2D eigenvalue weighted by molar-refractivity contribution is -0.123. The third-order valence-corrected chi connectivity index (χ3v) is 7.02. The molecule has 0 bridgehead atoms. The third-order valence-electron chi connectivity index (χ3n) is 5.21. The first kappa shape index (κ1) is 24.2. The fourth-order valence-corrected chi connectivity index (χ4v) is 4.78. The molecule has 8 nitrogen and oxygen atoms in total. The van der Waals surface area contributed by atoms with E-state index in [1.807, 2.05) is 35.2 Å². The zero-order valence-corrected chi connectivity index (χ0v) is 19.3. The summed E-state index contributed by atoms with van der Waals surface area (Å²) in [5, 5.41) is 6.19. The molecule has 3 N–H and O–H groups in total. The van der Waals surface area contributed by atoms with E-state index in [1.165, 1.54) is 31.2 Å². The highest BCUT2D eigenvalue weighted by Crippen LogP contribution is 2.15. The van der Waals surface area contributed by atoms with Crippen molar-refractivity contribution in [2.24, 2.45) is 0 Å². The maximum absolute atomic E-state index is 12.5. The molecule has 0 aromatic heterocycles. The average Bonchev–Trinajstić information content (AvgIpc) is 2.75. The van der Waals surface area contributed by atoms with Gasteiger partial charge in [-0.3, -0.25) is 14.5 Å². The Morgan fingerprint density at radius 3 is 2.31 bits per heavy atom. The molecule has 32 heavy (non-hydrogen) atoms. The SMILES string of the molecule is C[C@H](NS(=O)(=O)c1ccc(Cl)cc1)C(=O)NC1CCN(CC(=O)Nc2ccccc2)CC1. The third kappa shape index (κ3) is 7.03. The van der Waals surface area contributed by atoms with Gasteiger partial charge in [0, 0.05) is 29.8 Å². The summed E-state index contributed by atoms with van der Waals surface area (Å²) in [7, 11) is -3.83. The number of hydrogen-bond donors (Lipinski definition) is 3. The number of para-hydroxylation sites is 1. The van der Waals surface area contributed by atoms with Crippen molar-refractivity contribution in [3.05, 3.63) is 59.6 Å². The second-order valence-electron chi connectivity index (χ2n) is 7.77. The summed E-state index contributed by atoms with van der Waals surface area (Å²) in [6.07, 6.45) is 1.36.